The van der Waals surface area contributed by atoms with Gasteiger partial charge in [-0.25, -0.2) is 0 Å². The molecule has 0 spiro atoms. The average molecular weight is 316 g/mol. The predicted octanol–water partition coefficient (Wildman–Crippen LogP) is 3.02. The Kier molecular flexibility index (Phi) is 5.82. The maximum atomic E-state index is 12.3. The zero-order chi connectivity index (χ0) is 16.8. The molecule has 1 aromatic heterocycles. The molecule has 1 N–H and O–H groups in total. The fourth-order valence-corrected chi connectivity index (χ4v) is 2.36. The molecule has 0 saturated heterocycles. The molecule has 124 valence electrons. The lowest BCUT2D eigenvalue weighted by molar-refractivity contribution is 0.0938. The fraction of sp³-hybridized carbons (Fsp3) is 0.389. The van der Waals surface area contributed by atoms with E-state index >= 15 is 0 Å². The molecule has 5 heteroatoms. The minimum absolute atomic E-state index is 0.0114. The van der Waals surface area contributed by atoms with Crippen molar-refractivity contribution < 1.29 is 13.9 Å². The Morgan fingerprint density at radius 1 is 1.30 bits per heavy atom. The predicted molar refractivity (Wildman–Crippen MR) is 89.8 cm³/mol. The SMILES string of the molecule is CCOc1cccc(C(=O)NC[C@H](c2ccc(C)o2)N(C)C)c1. The van der Waals surface area contributed by atoms with E-state index in [0.29, 0.717) is 24.5 Å². The first-order chi connectivity index (χ1) is 11.0. The fourth-order valence-electron chi connectivity index (χ4n) is 2.36. The van der Waals surface area contributed by atoms with Gasteiger partial charge in [0, 0.05) is 12.1 Å². The lowest BCUT2D eigenvalue weighted by Crippen LogP contribution is -2.34. The second-order valence-corrected chi connectivity index (χ2v) is 5.60. The van der Waals surface area contributed by atoms with Gasteiger partial charge in [-0.15, -0.1) is 0 Å². The van der Waals surface area contributed by atoms with Crippen molar-refractivity contribution in [2.45, 2.75) is 19.9 Å². The summed E-state index contributed by atoms with van der Waals surface area (Å²) in [7, 11) is 3.93. The molecule has 1 heterocycles. The molecule has 1 atom stereocenters. The van der Waals surface area contributed by atoms with Crippen LogP contribution in [0.1, 0.15) is 34.8 Å². The Labute approximate surface area is 137 Å². The number of likely N-dealkylation sites (N-methyl/N-ethyl adjacent to an activating group) is 1. The van der Waals surface area contributed by atoms with Crippen LogP contribution >= 0.6 is 0 Å². The number of hydrogen-bond donors (Lipinski definition) is 1. The maximum Gasteiger partial charge on any atom is 0.251 e. The van der Waals surface area contributed by atoms with Crippen LogP contribution in [-0.2, 0) is 0 Å². The van der Waals surface area contributed by atoms with Gasteiger partial charge in [0.05, 0.1) is 12.6 Å². The number of ether oxygens (including phenoxy) is 1. The summed E-state index contributed by atoms with van der Waals surface area (Å²) < 4.78 is 11.1. The van der Waals surface area contributed by atoms with Crippen LogP contribution in [-0.4, -0.2) is 38.1 Å². The van der Waals surface area contributed by atoms with Crippen LogP contribution in [0.5, 0.6) is 5.75 Å². The summed E-state index contributed by atoms with van der Waals surface area (Å²) in [6.45, 7) is 4.87. The number of hydrogen-bond acceptors (Lipinski definition) is 4. The molecule has 2 aromatic rings. The number of carbonyl (C=O) groups excluding carboxylic acids is 1. The van der Waals surface area contributed by atoms with Crippen molar-refractivity contribution in [3.63, 3.8) is 0 Å². The highest BCUT2D eigenvalue weighted by Gasteiger charge is 2.19. The number of nitrogens with one attached hydrogen (secondary N) is 1. The summed E-state index contributed by atoms with van der Waals surface area (Å²) in [6.07, 6.45) is 0. The number of amides is 1. The van der Waals surface area contributed by atoms with Gasteiger partial charge < -0.3 is 14.5 Å². The molecule has 0 fully saturated rings. The largest absolute Gasteiger partial charge is 0.494 e. The van der Waals surface area contributed by atoms with Gasteiger partial charge >= 0.3 is 0 Å². The van der Waals surface area contributed by atoms with Crippen molar-refractivity contribution in [2.24, 2.45) is 0 Å². The second-order valence-electron chi connectivity index (χ2n) is 5.60. The molecule has 0 aliphatic rings. The van der Waals surface area contributed by atoms with Crippen LogP contribution in [0.3, 0.4) is 0 Å². The van der Waals surface area contributed by atoms with E-state index in [1.165, 1.54) is 0 Å². The summed E-state index contributed by atoms with van der Waals surface area (Å²) in [6, 6.07) is 11.1. The highest BCUT2D eigenvalue weighted by molar-refractivity contribution is 5.94. The third-order valence-electron chi connectivity index (χ3n) is 3.58. The van der Waals surface area contributed by atoms with E-state index in [0.717, 1.165) is 11.5 Å². The first-order valence-corrected chi connectivity index (χ1v) is 7.75. The number of aryl methyl sites for hydroxylation is 1. The quantitative estimate of drug-likeness (QED) is 0.853. The molecule has 23 heavy (non-hydrogen) atoms. The molecule has 2 rings (SSSR count). The van der Waals surface area contributed by atoms with Crippen molar-refractivity contribution in [3.8, 4) is 5.75 Å². The molecule has 0 radical (unpaired) electrons. The average Bonchev–Trinajstić information content (AvgIpc) is 2.94. The summed E-state index contributed by atoms with van der Waals surface area (Å²) in [5.41, 5.74) is 0.587. The third-order valence-corrected chi connectivity index (χ3v) is 3.58. The third kappa shape index (κ3) is 4.60. The molecule has 0 unspecified atom stereocenters. The first kappa shape index (κ1) is 17.1. The molecule has 0 saturated carbocycles. The van der Waals surface area contributed by atoms with Gasteiger partial charge in [0.25, 0.3) is 5.91 Å². The Hall–Kier alpha value is -2.27. The number of benzene rings is 1. The van der Waals surface area contributed by atoms with Crippen molar-refractivity contribution in [1.29, 1.82) is 0 Å². The minimum atomic E-state index is -0.123. The van der Waals surface area contributed by atoms with Crippen LogP contribution < -0.4 is 10.1 Å². The van der Waals surface area contributed by atoms with E-state index in [2.05, 4.69) is 5.32 Å². The van der Waals surface area contributed by atoms with E-state index in [-0.39, 0.29) is 11.9 Å². The topological polar surface area (TPSA) is 54.7 Å². The lowest BCUT2D eigenvalue weighted by Gasteiger charge is -2.22. The molecule has 1 aromatic carbocycles. The van der Waals surface area contributed by atoms with Gasteiger partial charge in [0.2, 0.25) is 0 Å². The lowest BCUT2D eigenvalue weighted by atomic mass is 10.1. The molecule has 0 aliphatic carbocycles. The van der Waals surface area contributed by atoms with Gasteiger partial charge in [-0.2, -0.15) is 0 Å². The van der Waals surface area contributed by atoms with E-state index in [4.69, 9.17) is 9.15 Å². The van der Waals surface area contributed by atoms with Crippen LogP contribution in [0, 0.1) is 6.92 Å². The summed E-state index contributed by atoms with van der Waals surface area (Å²) in [5.74, 6) is 2.28. The van der Waals surface area contributed by atoms with E-state index < -0.39 is 0 Å². The van der Waals surface area contributed by atoms with Crippen molar-refractivity contribution >= 4 is 5.91 Å². The molecular weight excluding hydrogens is 292 g/mol. The maximum absolute atomic E-state index is 12.3. The van der Waals surface area contributed by atoms with Crippen LogP contribution in [0.15, 0.2) is 40.8 Å². The monoisotopic (exact) mass is 316 g/mol. The van der Waals surface area contributed by atoms with E-state index in [9.17, 15) is 4.79 Å². The van der Waals surface area contributed by atoms with Crippen molar-refractivity contribution in [2.75, 3.05) is 27.2 Å². The normalized spacial score (nSPS) is 12.2. The van der Waals surface area contributed by atoms with E-state index in [1.54, 1.807) is 12.1 Å². The summed E-state index contributed by atoms with van der Waals surface area (Å²) >= 11 is 0. The summed E-state index contributed by atoms with van der Waals surface area (Å²) in [4.78, 5) is 14.4. The van der Waals surface area contributed by atoms with Crippen LogP contribution in [0.4, 0.5) is 0 Å². The highest BCUT2D eigenvalue weighted by Crippen LogP contribution is 2.20. The Morgan fingerprint density at radius 3 is 2.70 bits per heavy atom. The zero-order valence-corrected chi connectivity index (χ0v) is 14.1. The zero-order valence-electron chi connectivity index (χ0n) is 14.1. The van der Waals surface area contributed by atoms with Gasteiger partial charge in [-0.05, 0) is 58.3 Å². The number of rotatable bonds is 7. The smallest absolute Gasteiger partial charge is 0.251 e. The molecular formula is C18H24N2O3. The standard InChI is InChI=1S/C18H24N2O3/c1-5-22-15-8-6-7-14(11-15)18(21)19-12-16(20(3)4)17-10-9-13(2)23-17/h6-11,16H,5,12H2,1-4H3,(H,19,21)/t16-/m1/s1. The van der Waals surface area contributed by atoms with Crippen molar-refractivity contribution in [3.05, 3.63) is 53.5 Å². The van der Waals surface area contributed by atoms with Crippen molar-refractivity contribution in [1.82, 2.24) is 10.2 Å². The highest BCUT2D eigenvalue weighted by atomic mass is 16.5. The second kappa shape index (κ2) is 7.83. The number of furan rings is 1. The minimum Gasteiger partial charge on any atom is -0.494 e. The van der Waals surface area contributed by atoms with E-state index in [1.807, 2.05) is 57.1 Å². The Balaban J connectivity index is 2.03. The molecule has 5 nitrogen and oxygen atoms in total. The van der Waals surface area contributed by atoms with Gasteiger partial charge in [-0.3, -0.25) is 9.69 Å². The Bertz CT molecular complexity index is 649. The van der Waals surface area contributed by atoms with Gasteiger partial charge in [0.15, 0.2) is 0 Å². The van der Waals surface area contributed by atoms with Crippen LogP contribution in [0.25, 0.3) is 0 Å². The molecule has 0 bridgehead atoms. The first-order valence-electron chi connectivity index (χ1n) is 7.75. The number of carbonyl (C=O) groups is 1. The molecule has 1 amide bonds. The van der Waals surface area contributed by atoms with Gasteiger partial charge in [-0.1, -0.05) is 6.07 Å². The van der Waals surface area contributed by atoms with Gasteiger partial charge in [0.1, 0.15) is 17.3 Å². The summed E-state index contributed by atoms with van der Waals surface area (Å²) in [5, 5.41) is 2.96. The molecule has 0 aliphatic heterocycles. The van der Waals surface area contributed by atoms with Crippen LogP contribution in [0.2, 0.25) is 0 Å². The Morgan fingerprint density at radius 2 is 2.09 bits per heavy atom. The number of nitrogens with zero attached hydrogens (tertiary/aromatic N) is 1.